The summed E-state index contributed by atoms with van der Waals surface area (Å²) >= 11 is 5.95. The molecule has 1 heterocycles. The molecule has 160 valence electrons. The van der Waals surface area contributed by atoms with Crippen LogP contribution in [0.2, 0.25) is 5.02 Å². The van der Waals surface area contributed by atoms with Crippen LogP contribution in [0.1, 0.15) is 22.7 Å². The van der Waals surface area contributed by atoms with Gasteiger partial charge in [0.15, 0.2) is 5.92 Å². The predicted octanol–water partition coefficient (Wildman–Crippen LogP) is 2.40. The molecule has 1 amide bonds. The van der Waals surface area contributed by atoms with Gasteiger partial charge in [-0.05, 0) is 55.3 Å². The first-order valence-electron chi connectivity index (χ1n) is 9.18. The molecule has 1 aromatic heterocycles. The lowest BCUT2D eigenvalue weighted by Gasteiger charge is -2.16. The van der Waals surface area contributed by atoms with E-state index in [-0.39, 0.29) is 5.69 Å². The average Bonchev–Trinajstić information content (AvgIpc) is 2.73. The SMILES string of the molecule is COC(=O)C(/C(=N\N)C(=O)Nc1ccc(C)c(C)c1)c1nc2ccc(Cl)cc2[nH]c1=O. The molecule has 1 atom stereocenters. The number of halogens is 1. The summed E-state index contributed by atoms with van der Waals surface area (Å²) in [5, 5.41) is 6.54. The van der Waals surface area contributed by atoms with E-state index in [4.69, 9.17) is 22.2 Å². The van der Waals surface area contributed by atoms with Gasteiger partial charge in [-0.25, -0.2) is 4.98 Å². The minimum absolute atomic E-state index is 0.277. The summed E-state index contributed by atoms with van der Waals surface area (Å²) in [7, 11) is 1.12. The van der Waals surface area contributed by atoms with Gasteiger partial charge in [-0.1, -0.05) is 17.7 Å². The molecule has 0 spiro atoms. The van der Waals surface area contributed by atoms with Gasteiger partial charge in [-0.2, -0.15) is 5.10 Å². The van der Waals surface area contributed by atoms with E-state index >= 15 is 0 Å². The van der Waals surface area contributed by atoms with E-state index in [9.17, 15) is 14.4 Å². The highest BCUT2D eigenvalue weighted by molar-refractivity contribution is 6.47. The van der Waals surface area contributed by atoms with Crippen LogP contribution in [-0.4, -0.2) is 34.7 Å². The molecule has 10 heteroatoms. The van der Waals surface area contributed by atoms with Gasteiger partial charge in [0.1, 0.15) is 11.4 Å². The quantitative estimate of drug-likeness (QED) is 0.240. The summed E-state index contributed by atoms with van der Waals surface area (Å²) in [4.78, 5) is 45.0. The van der Waals surface area contributed by atoms with E-state index in [2.05, 4.69) is 20.4 Å². The Morgan fingerprint density at radius 3 is 2.58 bits per heavy atom. The van der Waals surface area contributed by atoms with Crippen molar-refractivity contribution in [3.63, 3.8) is 0 Å². The molecule has 2 aromatic carbocycles. The average molecular weight is 442 g/mol. The molecule has 3 aromatic rings. The normalized spacial score (nSPS) is 12.5. The molecule has 0 saturated heterocycles. The fourth-order valence-corrected chi connectivity index (χ4v) is 3.19. The number of aromatic amines is 1. The van der Waals surface area contributed by atoms with E-state index in [1.54, 1.807) is 24.3 Å². The van der Waals surface area contributed by atoms with Crippen LogP contribution in [0.25, 0.3) is 11.0 Å². The third kappa shape index (κ3) is 4.56. The number of fused-ring (bicyclic) bond motifs is 1. The highest BCUT2D eigenvalue weighted by Crippen LogP contribution is 2.21. The number of aromatic nitrogens is 2. The van der Waals surface area contributed by atoms with Gasteiger partial charge in [0, 0.05) is 10.7 Å². The third-order valence-corrected chi connectivity index (χ3v) is 5.04. The number of esters is 1. The highest BCUT2D eigenvalue weighted by Gasteiger charge is 2.36. The number of aryl methyl sites for hydroxylation is 2. The molecule has 4 N–H and O–H groups in total. The lowest BCUT2D eigenvalue weighted by atomic mass is 9.98. The summed E-state index contributed by atoms with van der Waals surface area (Å²) < 4.78 is 4.80. The van der Waals surface area contributed by atoms with Gasteiger partial charge >= 0.3 is 5.97 Å². The van der Waals surface area contributed by atoms with Crippen LogP contribution in [0.15, 0.2) is 46.3 Å². The number of nitrogens with two attached hydrogens (primary N) is 1. The van der Waals surface area contributed by atoms with Crippen molar-refractivity contribution in [3.05, 3.63) is 68.6 Å². The molecule has 0 aliphatic carbocycles. The van der Waals surface area contributed by atoms with Gasteiger partial charge in [0.2, 0.25) is 0 Å². The first kappa shape index (κ1) is 22.0. The number of carbonyl (C=O) groups is 2. The zero-order valence-corrected chi connectivity index (χ0v) is 17.8. The van der Waals surface area contributed by atoms with Gasteiger partial charge < -0.3 is 20.9 Å². The monoisotopic (exact) mass is 441 g/mol. The smallest absolute Gasteiger partial charge is 0.321 e. The molecule has 0 bridgehead atoms. The van der Waals surface area contributed by atoms with Crippen molar-refractivity contribution in [2.24, 2.45) is 10.9 Å². The molecule has 31 heavy (non-hydrogen) atoms. The number of rotatable bonds is 5. The zero-order valence-electron chi connectivity index (χ0n) is 17.0. The molecule has 0 fully saturated rings. The Morgan fingerprint density at radius 1 is 1.19 bits per heavy atom. The number of hydrogen-bond acceptors (Lipinski definition) is 7. The summed E-state index contributed by atoms with van der Waals surface area (Å²) in [6, 6.07) is 9.97. The van der Waals surface area contributed by atoms with Crippen LogP contribution in [0, 0.1) is 13.8 Å². The zero-order chi connectivity index (χ0) is 22.7. The van der Waals surface area contributed by atoms with E-state index in [1.165, 1.54) is 6.07 Å². The number of methoxy groups -OCH3 is 1. The first-order valence-corrected chi connectivity index (χ1v) is 9.56. The van der Waals surface area contributed by atoms with Crippen molar-refractivity contribution in [1.82, 2.24) is 9.97 Å². The third-order valence-electron chi connectivity index (χ3n) is 4.80. The Bertz CT molecular complexity index is 1270. The lowest BCUT2D eigenvalue weighted by molar-refractivity contribution is -0.141. The highest BCUT2D eigenvalue weighted by atomic mass is 35.5. The van der Waals surface area contributed by atoms with E-state index in [0.29, 0.717) is 21.7 Å². The molecule has 0 aliphatic rings. The van der Waals surface area contributed by atoms with Crippen LogP contribution >= 0.6 is 11.6 Å². The Kier molecular flexibility index (Phi) is 6.36. The van der Waals surface area contributed by atoms with Crippen LogP contribution in [-0.2, 0) is 14.3 Å². The number of hydrogen-bond donors (Lipinski definition) is 3. The summed E-state index contributed by atoms with van der Waals surface area (Å²) in [5.74, 6) is 2.24. The number of nitrogens with one attached hydrogen (secondary N) is 2. The maximum atomic E-state index is 12.9. The molecule has 0 saturated carbocycles. The topological polar surface area (TPSA) is 140 Å². The number of nitrogens with zero attached hydrogens (tertiary/aromatic N) is 2. The molecule has 0 radical (unpaired) electrons. The first-order chi connectivity index (χ1) is 14.7. The maximum Gasteiger partial charge on any atom is 0.321 e. The van der Waals surface area contributed by atoms with Crippen molar-refractivity contribution >= 4 is 45.9 Å². The summed E-state index contributed by atoms with van der Waals surface area (Å²) in [6.45, 7) is 3.83. The standard InChI is InChI=1S/C21H20ClN5O4/c1-10-4-6-13(8-11(10)2)24-20(29)18(27-23)16(21(30)31-3)17-19(28)26-15-9-12(22)5-7-14(15)25-17/h4-9,16H,23H2,1-3H3,(H,24,29)(H,26,28)/b27-18+. The van der Waals surface area contributed by atoms with Crippen LogP contribution in [0.5, 0.6) is 0 Å². The largest absolute Gasteiger partial charge is 0.468 e. The number of anilines is 1. The Hall–Kier alpha value is -3.72. The number of amides is 1. The van der Waals surface area contributed by atoms with Gasteiger partial charge in [0.05, 0.1) is 18.1 Å². The summed E-state index contributed by atoms with van der Waals surface area (Å²) in [5.41, 5.74) is 1.82. The van der Waals surface area contributed by atoms with Crippen LogP contribution in [0.4, 0.5) is 5.69 Å². The fraction of sp³-hybridized carbons (Fsp3) is 0.190. The lowest BCUT2D eigenvalue weighted by Crippen LogP contribution is -2.38. The minimum atomic E-state index is -1.54. The van der Waals surface area contributed by atoms with Crippen LogP contribution in [0.3, 0.4) is 0 Å². The molecule has 1 unspecified atom stereocenters. The number of ether oxygens (including phenoxy) is 1. The Labute approximate surface area is 182 Å². The van der Waals surface area contributed by atoms with E-state index in [1.807, 2.05) is 19.9 Å². The number of H-pyrrole nitrogens is 1. The molecule has 0 aliphatic heterocycles. The fourth-order valence-electron chi connectivity index (χ4n) is 3.02. The molecule has 3 rings (SSSR count). The number of carbonyl (C=O) groups excluding carboxylic acids is 2. The van der Waals surface area contributed by atoms with Crippen molar-refractivity contribution in [3.8, 4) is 0 Å². The second-order valence-electron chi connectivity index (χ2n) is 6.84. The van der Waals surface area contributed by atoms with Crippen molar-refractivity contribution in [2.75, 3.05) is 12.4 Å². The van der Waals surface area contributed by atoms with Crippen LogP contribution < -0.4 is 16.7 Å². The second kappa shape index (κ2) is 8.97. The van der Waals surface area contributed by atoms with E-state index in [0.717, 1.165) is 18.2 Å². The number of benzene rings is 2. The predicted molar refractivity (Wildman–Crippen MR) is 118 cm³/mol. The molecular formula is C21H20ClN5O4. The van der Waals surface area contributed by atoms with Crippen molar-refractivity contribution in [2.45, 2.75) is 19.8 Å². The molecular weight excluding hydrogens is 422 g/mol. The Balaban J connectivity index is 2.05. The van der Waals surface area contributed by atoms with Crippen molar-refractivity contribution < 1.29 is 14.3 Å². The second-order valence-corrected chi connectivity index (χ2v) is 7.27. The number of hydrazone groups is 1. The molecule has 9 nitrogen and oxygen atoms in total. The maximum absolute atomic E-state index is 12.9. The van der Waals surface area contributed by atoms with Gasteiger partial charge in [0.25, 0.3) is 11.5 Å². The van der Waals surface area contributed by atoms with Gasteiger partial charge in [-0.15, -0.1) is 0 Å². The van der Waals surface area contributed by atoms with Crippen molar-refractivity contribution in [1.29, 1.82) is 0 Å². The van der Waals surface area contributed by atoms with E-state index < -0.39 is 29.1 Å². The summed E-state index contributed by atoms with van der Waals surface area (Å²) in [6.07, 6.45) is 0. The minimum Gasteiger partial charge on any atom is -0.468 e. The Morgan fingerprint density at radius 2 is 1.94 bits per heavy atom. The van der Waals surface area contributed by atoms with Gasteiger partial charge in [-0.3, -0.25) is 14.4 Å².